The van der Waals surface area contributed by atoms with Crippen LogP contribution in [0.25, 0.3) is 0 Å². The van der Waals surface area contributed by atoms with Gasteiger partial charge in [-0.05, 0) is 43.8 Å². The summed E-state index contributed by atoms with van der Waals surface area (Å²) in [6.07, 6.45) is 1.01. The van der Waals surface area contributed by atoms with Gasteiger partial charge in [-0.2, -0.15) is 0 Å². The van der Waals surface area contributed by atoms with Crippen molar-refractivity contribution in [2.45, 2.75) is 13.3 Å². The molecule has 1 aliphatic rings. The summed E-state index contributed by atoms with van der Waals surface area (Å²) in [6.45, 7) is 9.70. The maximum atomic E-state index is 5.49. The number of hydrogen-bond donors (Lipinski definition) is 2. The lowest BCUT2D eigenvalue weighted by Gasteiger charge is -2.35. The Morgan fingerprint density at radius 3 is 2.37 bits per heavy atom. The molecule has 2 rings (SSSR count). The van der Waals surface area contributed by atoms with E-state index in [2.05, 4.69) is 46.3 Å². The molecular weight excluding hydrogens is 236 g/mol. The Labute approximate surface area is 116 Å². The van der Waals surface area contributed by atoms with E-state index < -0.39 is 0 Å². The van der Waals surface area contributed by atoms with Gasteiger partial charge in [-0.15, -0.1) is 0 Å². The SMILES string of the molecule is CCN1CCN(c2ccc(NCCCN)cc2)CC1. The first-order valence-corrected chi connectivity index (χ1v) is 7.35. The highest BCUT2D eigenvalue weighted by atomic mass is 15.3. The van der Waals surface area contributed by atoms with Crippen molar-refractivity contribution >= 4 is 11.4 Å². The second-order valence-corrected chi connectivity index (χ2v) is 5.04. The second kappa shape index (κ2) is 7.36. The zero-order valence-electron chi connectivity index (χ0n) is 11.9. The number of benzene rings is 1. The van der Waals surface area contributed by atoms with Crippen molar-refractivity contribution in [3.8, 4) is 0 Å². The largest absolute Gasteiger partial charge is 0.385 e. The molecule has 4 heteroatoms. The number of piperazine rings is 1. The number of rotatable bonds is 6. The van der Waals surface area contributed by atoms with Crippen molar-refractivity contribution in [1.29, 1.82) is 0 Å². The predicted molar refractivity (Wildman–Crippen MR) is 82.9 cm³/mol. The van der Waals surface area contributed by atoms with Crippen molar-refractivity contribution in [2.75, 3.05) is 56.0 Å². The number of anilines is 2. The summed E-state index contributed by atoms with van der Waals surface area (Å²) in [7, 11) is 0. The summed E-state index contributed by atoms with van der Waals surface area (Å²) in [5, 5.41) is 3.39. The van der Waals surface area contributed by atoms with E-state index in [9.17, 15) is 0 Å². The monoisotopic (exact) mass is 262 g/mol. The Morgan fingerprint density at radius 2 is 1.79 bits per heavy atom. The smallest absolute Gasteiger partial charge is 0.0368 e. The van der Waals surface area contributed by atoms with E-state index in [0.717, 1.165) is 39.1 Å². The molecule has 1 saturated heterocycles. The molecule has 0 unspecified atom stereocenters. The highest BCUT2D eigenvalue weighted by Crippen LogP contribution is 2.19. The standard InChI is InChI=1S/C15H26N4/c1-2-18-10-12-19(13-11-18)15-6-4-14(5-7-15)17-9-3-8-16/h4-7,17H,2-3,8-13,16H2,1H3. The third-order valence-corrected chi connectivity index (χ3v) is 3.76. The molecule has 0 radical (unpaired) electrons. The van der Waals surface area contributed by atoms with Crippen molar-refractivity contribution in [1.82, 2.24) is 4.90 Å². The molecule has 1 aromatic carbocycles. The fourth-order valence-corrected chi connectivity index (χ4v) is 2.45. The van der Waals surface area contributed by atoms with Crippen LogP contribution < -0.4 is 16.0 Å². The first-order chi connectivity index (χ1) is 9.33. The van der Waals surface area contributed by atoms with E-state index >= 15 is 0 Å². The summed E-state index contributed by atoms with van der Waals surface area (Å²) < 4.78 is 0. The molecule has 1 heterocycles. The van der Waals surface area contributed by atoms with Crippen LogP contribution in [0.2, 0.25) is 0 Å². The van der Waals surface area contributed by atoms with Crippen molar-refractivity contribution in [2.24, 2.45) is 5.73 Å². The molecule has 1 aromatic rings. The number of likely N-dealkylation sites (N-methyl/N-ethyl adjacent to an activating group) is 1. The molecule has 1 fully saturated rings. The van der Waals surface area contributed by atoms with Crippen LogP contribution in [0.5, 0.6) is 0 Å². The molecule has 4 nitrogen and oxygen atoms in total. The van der Waals surface area contributed by atoms with Crippen LogP contribution in [0.1, 0.15) is 13.3 Å². The molecule has 0 atom stereocenters. The predicted octanol–water partition coefficient (Wildman–Crippen LogP) is 1.59. The van der Waals surface area contributed by atoms with Crippen molar-refractivity contribution in [3.05, 3.63) is 24.3 Å². The van der Waals surface area contributed by atoms with Gasteiger partial charge in [0.05, 0.1) is 0 Å². The minimum absolute atomic E-state index is 0.743. The lowest BCUT2D eigenvalue weighted by Crippen LogP contribution is -2.46. The third kappa shape index (κ3) is 4.11. The molecule has 0 spiro atoms. The average Bonchev–Trinajstić information content (AvgIpc) is 2.48. The lowest BCUT2D eigenvalue weighted by molar-refractivity contribution is 0.271. The fraction of sp³-hybridized carbons (Fsp3) is 0.600. The molecule has 0 amide bonds. The molecule has 0 saturated carbocycles. The van der Waals surface area contributed by atoms with Gasteiger partial charge in [0.1, 0.15) is 0 Å². The van der Waals surface area contributed by atoms with E-state index in [-0.39, 0.29) is 0 Å². The van der Waals surface area contributed by atoms with Crippen LogP contribution in [-0.2, 0) is 0 Å². The van der Waals surface area contributed by atoms with Crippen molar-refractivity contribution in [3.63, 3.8) is 0 Å². The van der Waals surface area contributed by atoms with Gasteiger partial charge in [-0.3, -0.25) is 0 Å². The summed E-state index contributed by atoms with van der Waals surface area (Å²) in [5.41, 5.74) is 8.00. The molecule has 0 aliphatic carbocycles. The summed E-state index contributed by atoms with van der Waals surface area (Å²) in [6, 6.07) is 8.76. The van der Waals surface area contributed by atoms with Crippen LogP contribution in [0.15, 0.2) is 24.3 Å². The van der Waals surface area contributed by atoms with E-state index in [1.54, 1.807) is 0 Å². The lowest BCUT2D eigenvalue weighted by atomic mass is 10.2. The maximum Gasteiger partial charge on any atom is 0.0368 e. The topological polar surface area (TPSA) is 44.5 Å². The fourth-order valence-electron chi connectivity index (χ4n) is 2.45. The average molecular weight is 262 g/mol. The van der Waals surface area contributed by atoms with Crippen LogP contribution >= 0.6 is 0 Å². The Kier molecular flexibility index (Phi) is 5.48. The number of nitrogens with zero attached hydrogens (tertiary/aromatic N) is 2. The zero-order valence-corrected chi connectivity index (χ0v) is 11.9. The Bertz CT molecular complexity index is 355. The number of nitrogens with two attached hydrogens (primary N) is 1. The van der Waals surface area contributed by atoms with Gasteiger partial charge in [-0.25, -0.2) is 0 Å². The van der Waals surface area contributed by atoms with Gasteiger partial charge in [0.15, 0.2) is 0 Å². The molecular formula is C15H26N4. The summed E-state index contributed by atoms with van der Waals surface area (Å²) >= 11 is 0. The van der Waals surface area contributed by atoms with Crippen LogP contribution in [0, 0.1) is 0 Å². The zero-order chi connectivity index (χ0) is 13.5. The van der Waals surface area contributed by atoms with Gasteiger partial charge in [0, 0.05) is 44.1 Å². The highest BCUT2D eigenvalue weighted by molar-refractivity contribution is 5.55. The van der Waals surface area contributed by atoms with Gasteiger partial charge in [0.2, 0.25) is 0 Å². The first-order valence-electron chi connectivity index (χ1n) is 7.35. The van der Waals surface area contributed by atoms with Gasteiger partial charge < -0.3 is 20.9 Å². The normalized spacial score (nSPS) is 16.6. The molecule has 0 aromatic heterocycles. The first kappa shape index (κ1) is 14.2. The Morgan fingerprint density at radius 1 is 1.11 bits per heavy atom. The summed E-state index contributed by atoms with van der Waals surface area (Å²) in [4.78, 5) is 4.97. The minimum Gasteiger partial charge on any atom is -0.385 e. The second-order valence-electron chi connectivity index (χ2n) is 5.04. The van der Waals surface area contributed by atoms with E-state index in [1.807, 2.05) is 0 Å². The Balaban J connectivity index is 1.84. The quantitative estimate of drug-likeness (QED) is 0.764. The van der Waals surface area contributed by atoms with Crippen molar-refractivity contribution < 1.29 is 0 Å². The Hall–Kier alpha value is -1.26. The number of nitrogens with one attached hydrogen (secondary N) is 1. The molecule has 1 aliphatic heterocycles. The van der Waals surface area contributed by atoms with Gasteiger partial charge in [-0.1, -0.05) is 6.92 Å². The van der Waals surface area contributed by atoms with E-state index in [4.69, 9.17) is 5.73 Å². The van der Waals surface area contributed by atoms with Gasteiger partial charge in [0.25, 0.3) is 0 Å². The minimum atomic E-state index is 0.743. The number of hydrogen-bond acceptors (Lipinski definition) is 4. The van der Waals surface area contributed by atoms with E-state index in [1.165, 1.54) is 24.5 Å². The maximum absolute atomic E-state index is 5.49. The van der Waals surface area contributed by atoms with Gasteiger partial charge >= 0.3 is 0 Å². The molecule has 19 heavy (non-hydrogen) atoms. The van der Waals surface area contributed by atoms with Crippen LogP contribution in [0.4, 0.5) is 11.4 Å². The molecule has 3 N–H and O–H groups in total. The van der Waals surface area contributed by atoms with E-state index in [0.29, 0.717) is 0 Å². The molecule has 0 bridgehead atoms. The highest BCUT2D eigenvalue weighted by Gasteiger charge is 2.15. The summed E-state index contributed by atoms with van der Waals surface area (Å²) in [5.74, 6) is 0. The van der Waals surface area contributed by atoms with Crippen LogP contribution in [0.3, 0.4) is 0 Å². The molecule has 106 valence electrons. The van der Waals surface area contributed by atoms with Crippen LogP contribution in [-0.4, -0.2) is 50.7 Å². The third-order valence-electron chi connectivity index (χ3n) is 3.76.